The summed E-state index contributed by atoms with van der Waals surface area (Å²) in [5.41, 5.74) is 3.12. The number of likely N-dealkylation sites (tertiary alicyclic amines) is 1. The molecule has 1 aromatic heterocycles. The van der Waals surface area contributed by atoms with E-state index >= 15 is 0 Å². The van der Waals surface area contributed by atoms with Gasteiger partial charge in [0, 0.05) is 29.6 Å². The molecule has 0 bridgehead atoms. The number of carbonyl (C=O) groups excluding carboxylic acids is 2. The number of carbonyl (C=O) groups is 3. The van der Waals surface area contributed by atoms with E-state index < -0.39 is 11.5 Å². The van der Waals surface area contributed by atoms with Gasteiger partial charge in [0.05, 0.1) is 29.4 Å². The molecule has 9 nitrogen and oxygen atoms in total. The second-order valence-corrected chi connectivity index (χ2v) is 9.90. The molecule has 2 aromatic carbocycles. The van der Waals surface area contributed by atoms with Gasteiger partial charge in [-0.1, -0.05) is 18.2 Å². The van der Waals surface area contributed by atoms with Crippen molar-refractivity contribution in [3.05, 3.63) is 88.7 Å². The van der Waals surface area contributed by atoms with Crippen molar-refractivity contribution in [1.29, 1.82) is 5.26 Å². The number of rotatable bonds is 6. The van der Waals surface area contributed by atoms with Crippen molar-refractivity contribution in [3.63, 3.8) is 0 Å². The molecule has 0 radical (unpaired) electrons. The van der Waals surface area contributed by atoms with Gasteiger partial charge in [-0.3, -0.25) is 14.6 Å². The van der Waals surface area contributed by atoms with E-state index in [9.17, 15) is 24.8 Å². The fourth-order valence-electron chi connectivity index (χ4n) is 4.51. The van der Waals surface area contributed by atoms with Crippen molar-refractivity contribution in [2.45, 2.75) is 45.1 Å². The Morgan fingerprint density at radius 1 is 1.05 bits per heavy atom. The monoisotopic (exact) mass is 511 g/mol. The van der Waals surface area contributed by atoms with Gasteiger partial charge >= 0.3 is 6.09 Å². The van der Waals surface area contributed by atoms with Crippen molar-refractivity contribution < 1.29 is 19.5 Å². The molecule has 1 fully saturated rings. The molecule has 1 aliphatic heterocycles. The Labute approximate surface area is 221 Å². The lowest BCUT2D eigenvalue weighted by Crippen LogP contribution is -2.28. The van der Waals surface area contributed by atoms with E-state index in [1.807, 2.05) is 6.07 Å². The summed E-state index contributed by atoms with van der Waals surface area (Å²) in [5, 5.41) is 24.5. The number of anilines is 2. The third-order valence-corrected chi connectivity index (χ3v) is 6.77. The van der Waals surface area contributed by atoms with Gasteiger partial charge in [-0.25, -0.2) is 4.79 Å². The van der Waals surface area contributed by atoms with Gasteiger partial charge in [-0.05, 0) is 80.6 Å². The summed E-state index contributed by atoms with van der Waals surface area (Å²) in [6, 6.07) is 15.7. The number of pyridine rings is 1. The van der Waals surface area contributed by atoms with Crippen LogP contribution in [0, 0.1) is 18.3 Å². The van der Waals surface area contributed by atoms with Crippen molar-refractivity contribution in [3.8, 4) is 6.07 Å². The van der Waals surface area contributed by atoms with E-state index in [0.29, 0.717) is 35.5 Å². The van der Waals surface area contributed by atoms with Gasteiger partial charge in [-0.15, -0.1) is 0 Å². The summed E-state index contributed by atoms with van der Waals surface area (Å²) in [6.45, 7) is 5.84. The summed E-state index contributed by atoms with van der Waals surface area (Å²) >= 11 is 0. The predicted octanol–water partition coefficient (Wildman–Crippen LogP) is 5.51. The molecule has 0 spiro atoms. The van der Waals surface area contributed by atoms with Crippen LogP contribution in [0.25, 0.3) is 0 Å². The first-order chi connectivity index (χ1) is 18.1. The highest BCUT2D eigenvalue weighted by Gasteiger charge is 2.30. The topological polar surface area (TPSA) is 135 Å². The van der Waals surface area contributed by atoms with Gasteiger partial charge in [0.2, 0.25) is 0 Å². The molecule has 9 heteroatoms. The number of benzene rings is 2. The number of nitrogens with one attached hydrogen (secondary N) is 2. The van der Waals surface area contributed by atoms with Crippen LogP contribution < -0.4 is 10.6 Å². The molecule has 2 heterocycles. The average Bonchev–Trinajstić information content (AvgIpc) is 3.40. The molecule has 1 aliphatic rings. The highest BCUT2D eigenvalue weighted by atomic mass is 16.4. The number of nitriles is 1. The van der Waals surface area contributed by atoms with Crippen LogP contribution in [-0.4, -0.2) is 39.4 Å². The summed E-state index contributed by atoms with van der Waals surface area (Å²) in [6.07, 6.45) is 3.62. The van der Waals surface area contributed by atoms with Crippen LogP contribution in [0.2, 0.25) is 0 Å². The smallest absolute Gasteiger partial charge is 0.407 e. The molecule has 3 aromatic rings. The normalized spacial score (nSPS) is 15.0. The Hall–Kier alpha value is -4.71. The zero-order valence-corrected chi connectivity index (χ0v) is 21.5. The minimum atomic E-state index is -0.975. The molecule has 1 unspecified atom stereocenters. The quantitative estimate of drug-likeness (QED) is 0.399. The average molecular weight is 512 g/mol. The summed E-state index contributed by atoms with van der Waals surface area (Å²) < 4.78 is 0. The number of carboxylic acid groups (broad SMARTS) is 1. The van der Waals surface area contributed by atoms with Crippen LogP contribution in [0.15, 0.2) is 60.9 Å². The second-order valence-electron chi connectivity index (χ2n) is 9.90. The third-order valence-electron chi connectivity index (χ3n) is 6.77. The largest absolute Gasteiger partial charge is 0.465 e. The second kappa shape index (κ2) is 10.7. The lowest BCUT2D eigenvalue weighted by molar-refractivity contribution is 0.101. The molecule has 3 N–H and O–H groups in total. The van der Waals surface area contributed by atoms with Crippen molar-refractivity contribution in [2.24, 2.45) is 0 Å². The van der Waals surface area contributed by atoms with Crippen LogP contribution in [-0.2, 0) is 5.41 Å². The Morgan fingerprint density at radius 2 is 1.82 bits per heavy atom. The van der Waals surface area contributed by atoms with Gasteiger partial charge in [0.25, 0.3) is 11.8 Å². The van der Waals surface area contributed by atoms with Crippen LogP contribution >= 0.6 is 0 Å². The fourth-order valence-corrected chi connectivity index (χ4v) is 4.51. The Morgan fingerprint density at radius 3 is 2.55 bits per heavy atom. The lowest BCUT2D eigenvalue weighted by atomic mass is 9.85. The van der Waals surface area contributed by atoms with E-state index in [4.69, 9.17) is 0 Å². The predicted molar refractivity (Wildman–Crippen MR) is 143 cm³/mol. The van der Waals surface area contributed by atoms with E-state index in [1.54, 1.807) is 69.4 Å². The van der Waals surface area contributed by atoms with Crippen molar-refractivity contribution in [2.75, 3.05) is 17.2 Å². The molecular weight excluding hydrogens is 482 g/mol. The van der Waals surface area contributed by atoms with Gasteiger partial charge < -0.3 is 20.6 Å². The molecule has 3 amide bonds. The molecular formula is C29H29N5O4. The van der Waals surface area contributed by atoms with Crippen molar-refractivity contribution in [1.82, 2.24) is 9.88 Å². The van der Waals surface area contributed by atoms with Crippen LogP contribution in [0.5, 0.6) is 0 Å². The first-order valence-electron chi connectivity index (χ1n) is 12.3. The highest BCUT2D eigenvalue weighted by Crippen LogP contribution is 2.32. The maximum atomic E-state index is 13.1. The van der Waals surface area contributed by atoms with E-state index in [-0.39, 0.29) is 17.9 Å². The number of hydrogen-bond acceptors (Lipinski definition) is 5. The minimum absolute atomic E-state index is 0.297. The van der Waals surface area contributed by atoms with Gasteiger partial charge in [0.1, 0.15) is 0 Å². The number of hydrogen-bond donors (Lipinski definition) is 3. The molecule has 38 heavy (non-hydrogen) atoms. The maximum Gasteiger partial charge on any atom is 0.407 e. The first kappa shape index (κ1) is 26.4. The molecule has 0 aliphatic carbocycles. The lowest BCUT2D eigenvalue weighted by Gasteiger charge is -2.22. The fraction of sp³-hybridized carbons (Fsp3) is 0.276. The Balaban J connectivity index is 1.50. The van der Waals surface area contributed by atoms with Gasteiger partial charge in [-0.2, -0.15) is 5.26 Å². The summed E-state index contributed by atoms with van der Waals surface area (Å²) in [7, 11) is 0. The molecule has 0 saturated carbocycles. The van der Waals surface area contributed by atoms with Gasteiger partial charge in [0.15, 0.2) is 0 Å². The summed E-state index contributed by atoms with van der Waals surface area (Å²) in [4.78, 5) is 43.2. The number of aromatic nitrogens is 1. The number of aryl methyl sites for hydroxylation is 1. The van der Waals surface area contributed by atoms with Crippen LogP contribution in [0.3, 0.4) is 0 Å². The zero-order chi connectivity index (χ0) is 27.4. The highest BCUT2D eigenvalue weighted by molar-refractivity contribution is 6.08. The van der Waals surface area contributed by atoms with Crippen LogP contribution in [0.1, 0.15) is 70.1 Å². The zero-order valence-electron chi connectivity index (χ0n) is 21.5. The summed E-state index contributed by atoms with van der Waals surface area (Å²) in [5.74, 6) is -0.732. The SMILES string of the molecule is Cc1ccc(NC(=O)c2cccc(C(C)(C)C#N)c2)cc1C(=O)Nc1cncc(C2CCCN2C(=O)O)c1. The number of nitrogens with zero attached hydrogens (tertiary/aromatic N) is 3. The van der Waals surface area contributed by atoms with E-state index in [1.165, 1.54) is 11.1 Å². The number of amides is 3. The van der Waals surface area contributed by atoms with E-state index in [2.05, 4.69) is 21.7 Å². The van der Waals surface area contributed by atoms with Crippen molar-refractivity contribution >= 4 is 29.3 Å². The minimum Gasteiger partial charge on any atom is -0.465 e. The molecule has 1 atom stereocenters. The molecule has 1 saturated heterocycles. The molecule has 4 rings (SSSR count). The van der Waals surface area contributed by atoms with E-state index in [0.717, 1.165) is 23.1 Å². The Kier molecular flexibility index (Phi) is 7.44. The maximum absolute atomic E-state index is 13.1. The first-order valence-corrected chi connectivity index (χ1v) is 12.3. The molecule has 194 valence electrons. The van der Waals surface area contributed by atoms with Crippen LogP contribution in [0.4, 0.5) is 16.2 Å². The standard InChI is InChI=1S/C29H29N5O4/c1-18-9-10-22(32-26(35)19-6-4-7-21(12-19)29(2,3)17-30)14-24(18)27(36)33-23-13-20(15-31-16-23)25-8-5-11-34(25)28(37)38/h4,6-7,9-10,12-16,25H,5,8,11H2,1-3H3,(H,32,35)(H,33,36)(H,37,38). The Bertz CT molecular complexity index is 1440. The third kappa shape index (κ3) is 5.65.